The number of nitrogens with zero attached hydrogens (tertiary/aromatic N) is 3. The second kappa shape index (κ2) is 9.60. The molecule has 1 aromatic rings. The van der Waals surface area contributed by atoms with Crippen molar-refractivity contribution in [3.63, 3.8) is 0 Å². The normalized spacial score (nSPS) is 20.3. The van der Waals surface area contributed by atoms with Gasteiger partial charge < -0.3 is 24.2 Å². The molecule has 0 N–H and O–H groups in total. The summed E-state index contributed by atoms with van der Waals surface area (Å²) in [6, 6.07) is 9.78. The standard InChI is InChI=1S/C20H29N3O4/c1-21-10-11-22(19(21)24)12-13-26-15-18-8-5-9-23(14-18)20(25)27-16-17-6-3-2-4-7-17/h2-4,6-7,18H,5,8-16H2,1H3. The van der Waals surface area contributed by atoms with Gasteiger partial charge in [0.15, 0.2) is 0 Å². The average Bonchev–Trinajstić information content (AvgIpc) is 3.02. The number of urea groups is 1. The summed E-state index contributed by atoms with van der Waals surface area (Å²) in [4.78, 5) is 29.4. The number of carbonyl (C=O) groups excluding carboxylic acids is 2. The molecule has 7 nitrogen and oxygen atoms in total. The van der Waals surface area contributed by atoms with Crippen molar-refractivity contribution in [2.24, 2.45) is 5.92 Å². The van der Waals surface area contributed by atoms with E-state index >= 15 is 0 Å². The maximum atomic E-state index is 12.3. The third-order valence-electron chi connectivity index (χ3n) is 5.14. The first-order chi connectivity index (χ1) is 13.1. The summed E-state index contributed by atoms with van der Waals surface area (Å²) in [5, 5.41) is 0. The van der Waals surface area contributed by atoms with E-state index in [0.717, 1.165) is 38.0 Å². The predicted octanol–water partition coefficient (Wildman–Crippen LogP) is 2.42. The first kappa shape index (κ1) is 19.5. The molecule has 0 aromatic heterocycles. The maximum absolute atomic E-state index is 12.3. The molecule has 0 aliphatic carbocycles. The van der Waals surface area contributed by atoms with Crippen molar-refractivity contribution in [1.82, 2.24) is 14.7 Å². The number of likely N-dealkylation sites (tertiary alicyclic amines) is 1. The van der Waals surface area contributed by atoms with Crippen LogP contribution in [0.4, 0.5) is 9.59 Å². The van der Waals surface area contributed by atoms with Crippen LogP contribution in [0.1, 0.15) is 18.4 Å². The number of amides is 3. The second-order valence-electron chi connectivity index (χ2n) is 7.26. The zero-order valence-corrected chi connectivity index (χ0v) is 16.0. The van der Waals surface area contributed by atoms with Crippen LogP contribution in [0, 0.1) is 5.92 Å². The van der Waals surface area contributed by atoms with Gasteiger partial charge >= 0.3 is 12.1 Å². The van der Waals surface area contributed by atoms with Gasteiger partial charge in [-0.2, -0.15) is 0 Å². The molecule has 0 spiro atoms. The lowest BCUT2D eigenvalue weighted by molar-refractivity contribution is 0.0422. The van der Waals surface area contributed by atoms with E-state index in [-0.39, 0.29) is 12.1 Å². The van der Waals surface area contributed by atoms with E-state index in [4.69, 9.17) is 9.47 Å². The van der Waals surface area contributed by atoms with E-state index in [1.807, 2.05) is 42.3 Å². The number of ether oxygens (including phenoxy) is 2. The Morgan fingerprint density at radius 2 is 2.00 bits per heavy atom. The Labute approximate surface area is 160 Å². The van der Waals surface area contributed by atoms with Gasteiger partial charge in [0.05, 0.1) is 13.2 Å². The van der Waals surface area contributed by atoms with E-state index in [1.165, 1.54) is 0 Å². The summed E-state index contributed by atoms with van der Waals surface area (Å²) in [6.45, 7) is 5.02. The van der Waals surface area contributed by atoms with Crippen LogP contribution in [-0.2, 0) is 16.1 Å². The van der Waals surface area contributed by atoms with Crippen LogP contribution in [0.25, 0.3) is 0 Å². The van der Waals surface area contributed by atoms with E-state index in [9.17, 15) is 9.59 Å². The van der Waals surface area contributed by atoms with Gasteiger partial charge in [-0.1, -0.05) is 30.3 Å². The third kappa shape index (κ3) is 5.60. The van der Waals surface area contributed by atoms with Crippen LogP contribution >= 0.6 is 0 Å². The molecule has 2 aliphatic rings. The van der Waals surface area contributed by atoms with Crippen molar-refractivity contribution >= 4 is 12.1 Å². The van der Waals surface area contributed by atoms with E-state index < -0.39 is 0 Å². The largest absolute Gasteiger partial charge is 0.445 e. The third-order valence-corrected chi connectivity index (χ3v) is 5.14. The van der Waals surface area contributed by atoms with Gasteiger partial charge in [0.1, 0.15) is 6.61 Å². The Morgan fingerprint density at radius 3 is 2.74 bits per heavy atom. The van der Waals surface area contributed by atoms with Crippen molar-refractivity contribution in [1.29, 1.82) is 0 Å². The molecular formula is C20H29N3O4. The zero-order valence-electron chi connectivity index (χ0n) is 16.0. The Kier molecular flexibility index (Phi) is 6.92. The highest BCUT2D eigenvalue weighted by molar-refractivity contribution is 5.76. The number of carbonyl (C=O) groups is 2. The van der Waals surface area contributed by atoms with Gasteiger partial charge in [-0.05, 0) is 18.4 Å². The molecule has 2 aliphatic heterocycles. The summed E-state index contributed by atoms with van der Waals surface area (Å²) in [6.07, 6.45) is 1.76. The smallest absolute Gasteiger partial charge is 0.410 e. The van der Waals surface area contributed by atoms with Crippen LogP contribution in [0.15, 0.2) is 30.3 Å². The van der Waals surface area contributed by atoms with Crippen molar-refractivity contribution in [2.75, 3.05) is 53.0 Å². The molecule has 2 fully saturated rings. The minimum Gasteiger partial charge on any atom is -0.445 e. The minimum atomic E-state index is -0.255. The van der Waals surface area contributed by atoms with E-state index in [1.54, 1.807) is 9.80 Å². The zero-order chi connectivity index (χ0) is 19.1. The molecule has 3 amide bonds. The molecule has 27 heavy (non-hydrogen) atoms. The quantitative estimate of drug-likeness (QED) is 0.687. The fourth-order valence-electron chi connectivity index (χ4n) is 3.51. The Morgan fingerprint density at radius 1 is 1.19 bits per heavy atom. The number of hydrogen-bond acceptors (Lipinski definition) is 4. The van der Waals surface area contributed by atoms with Crippen molar-refractivity contribution in [3.05, 3.63) is 35.9 Å². The molecule has 148 valence electrons. The highest BCUT2D eigenvalue weighted by Gasteiger charge is 2.26. The molecule has 7 heteroatoms. The molecule has 3 rings (SSSR count). The molecule has 2 saturated heterocycles. The van der Waals surface area contributed by atoms with Gasteiger partial charge in [-0.3, -0.25) is 0 Å². The molecule has 1 unspecified atom stereocenters. The van der Waals surface area contributed by atoms with Crippen molar-refractivity contribution < 1.29 is 19.1 Å². The monoisotopic (exact) mass is 375 g/mol. The molecule has 0 saturated carbocycles. The number of rotatable bonds is 7. The second-order valence-corrected chi connectivity index (χ2v) is 7.26. The number of benzene rings is 1. The SMILES string of the molecule is CN1CCN(CCOCC2CCCN(C(=O)OCc3ccccc3)C2)C1=O. The fourth-order valence-corrected chi connectivity index (χ4v) is 3.51. The van der Waals surface area contributed by atoms with Crippen LogP contribution in [0.5, 0.6) is 0 Å². The summed E-state index contributed by atoms with van der Waals surface area (Å²) >= 11 is 0. The van der Waals surface area contributed by atoms with Gasteiger partial charge in [0, 0.05) is 45.7 Å². The number of likely N-dealkylation sites (N-methyl/N-ethyl adjacent to an activating group) is 1. The van der Waals surface area contributed by atoms with Gasteiger partial charge in [0.2, 0.25) is 0 Å². The first-order valence-corrected chi connectivity index (χ1v) is 9.67. The Bertz CT molecular complexity index is 625. The van der Waals surface area contributed by atoms with Crippen molar-refractivity contribution in [2.45, 2.75) is 19.4 Å². The van der Waals surface area contributed by atoms with Crippen molar-refractivity contribution in [3.8, 4) is 0 Å². The van der Waals surface area contributed by atoms with Crippen LogP contribution < -0.4 is 0 Å². The highest BCUT2D eigenvalue weighted by atomic mass is 16.6. The first-order valence-electron chi connectivity index (χ1n) is 9.67. The Hall–Kier alpha value is -2.28. The lowest BCUT2D eigenvalue weighted by Crippen LogP contribution is -2.41. The van der Waals surface area contributed by atoms with Crippen LogP contribution in [-0.4, -0.2) is 79.8 Å². The van der Waals surface area contributed by atoms with Gasteiger partial charge in [-0.25, -0.2) is 9.59 Å². The number of piperidine rings is 1. The van der Waals surface area contributed by atoms with Gasteiger partial charge in [-0.15, -0.1) is 0 Å². The number of hydrogen-bond donors (Lipinski definition) is 0. The summed E-state index contributed by atoms with van der Waals surface area (Å²) < 4.78 is 11.2. The highest BCUT2D eigenvalue weighted by Crippen LogP contribution is 2.18. The lowest BCUT2D eigenvalue weighted by atomic mass is 9.99. The molecule has 1 aromatic carbocycles. The molecule has 1 atom stereocenters. The average molecular weight is 375 g/mol. The lowest BCUT2D eigenvalue weighted by Gasteiger charge is -2.32. The Balaban J connectivity index is 1.34. The molecular weight excluding hydrogens is 346 g/mol. The molecule has 0 bridgehead atoms. The summed E-state index contributed by atoms with van der Waals surface area (Å²) in [5.74, 6) is 0.319. The molecule has 2 heterocycles. The van der Waals surface area contributed by atoms with E-state index in [2.05, 4.69) is 0 Å². The van der Waals surface area contributed by atoms with Crippen LogP contribution in [0.3, 0.4) is 0 Å². The maximum Gasteiger partial charge on any atom is 0.410 e. The van der Waals surface area contributed by atoms with E-state index in [0.29, 0.717) is 38.8 Å². The summed E-state index contributed by atoms with van der Waals surface area (Å²) in [7, 11) is 1.82. The summed E-state index contributed by atoms with van der Waals surface area (Å²) in [5.41, 5.74) is 0.991. The minimum absolute atomic E-state index is 0.0728. The fraction of sp³-hybridized carbons (Fsp3) is 0.600. The topological polar surface area (TPSA) is 62.3 Å². The van der Waals surface area contributed by atoms with Gasteiger partial charge in [0.25, 0.3) is 0 Å². The predicted molar refractivity (Wildman–Crippen MR) is 101 cm³/mol. The molecule has 0 radical (unpaired) electrons. The van der Waals surface area contributed by atoms with Crippen LogP contribution in [0.2, 0.25) is 0 Å².